The van der Waals surface area contributed by atoms with E-state index in [0.29, 0.717) is 17.1 Å². The highest BCUT2D eigenvalue weighted by molar-refractivity contribution is 5.92. The highest BCUT2D eigenvalue weighted by atomic mass is 16.5. The van der Waals surface area contributed by atoms with Crippen LogP contribution in [0.4, 0.5) is 0 Å². The molecule has 3 rings (SSSR count). The van der Waals surface area contributed by atoms with Crippen molar-refractivity contribution in [1.82, 2.24) is 0 Å². The van der Waals surface area contributed by atoms with Crippen molar-refractivity contribution in [2.45, 2.75) is 26.4 Å². The maximum Gasteiger partial charge on any atom is 0.371 e. The number of aromatic carboxylic acids is 1. The topological polar surface area (TPSA) is 145 Å². The number of hydrogen-bond acceptors (Lipinski definition) is 8. The summed E-state index contributed by atoms with van der Waals surface area (Å²) in [6.45, 7) is 3.42. The smallest absolute Gasteiger partial charge is 0.371 e. The lowest BCUT2D eigenvalue weighted by Crippen LogP contribution is -2.25. The zero-order chi connectivity index (χ0) is 22.5. The summed E-state index contributed by atoms with van der Waals surface area (Å²) in [7, 11) is 0. The van der Waals surface area contributed by atoms with Crippen molar-refractivity contribution in [2.75, 3.05) is 6.61 Å². The molecule has 0 radical (unpaired) electrons. The lowest BCUT2D eigenvalue weighted by atomic mass is 9.83. The molecule has 0 amide bonds. The van der Waals surface area contributed by atoms with Gasteiger partial charge in [0, 0.05) is 0 Å². The minimum absolute atomic E-state index is 0.00675. The molecule has 9 nitrogen and oxygen atoms in total. The number of nitriles is 1. The Kier molecular flexibility index (Phi) is 6.31. The van der Waals surface area contributed by atoms with Gasteiger partial charge >= 0.3 is 11.9 Å². The number of carboxylic acids is 1. The third kappa shape index (κ3) is 4.53. The number of rotatable bonds is 7. The van der Waals surface area contributed by atoms with Gasteiger partial charge in [0.15, 0.2) is 0 Å². The number of carbonyl (C=O) groups excluding carboxylic acids is 1. The molecule has 1 aliphatic heterocycles. The van der Waals surface area contributed by atoms with Crippen molar-refractivity contribution >= 4 is 11.9 Å². The quantitative estimate of drug-likeness (QED) is 0.640. The van der Waals surface area contributed by atoms with Gasteiger partial charge in [-0.2, -0.15) is 5.26 Å². The van der Waals surface area contributed by atoms with Crippen molar-refractivity contribution in [3.8, 4) is 11.8 Å². The molecule has 3 N–H and O–H groups in total. The molecule has 0 saturated carbocycles. The standard InChI is InChI=1S/C22H20N2O7/c1-3-28-22(27)18-12(2)30-20(24)16(10-23)19(18)13-5-4-6-14(9-13)29-11-15-7-8-17(31-15)21(25)26/h4-9,19H,3,11,24H2,1-2H3,(H,25,26). The van der Waals surface area contributed by atoms with Crippen molar-refractivity contribution in [1.29, 1.82) is 5.26 Å². The minimum Gasteiger partial charge on any atom is -0.486 e. The zero-order valence-corrected chi connectivity index (χ0v) is 16.9. The molecule has 1 aromatic carbocycles. The maximum absolute atomic E-state index is 12.6. The SMILES string of the molecule is CCOC(=O)C1=C(C)OC(N)=C(C#N)C1c1cccc(OCc2ccc(C(=O)O)o2)c1. The molecule has 1 aliphatic rings. The summed E-state index contributed by atoms with van der Waals surface area (Å²) in [6.07, 6.45) is 0. The Morgan fingerprint density at radius 3 is 2.71 bits per heavy atom. The van der Waals surface area contributed by atoms with E-state index in [1.54, 1.807) is 38.1 Å². The van der Waals surface area contributed by atoms with Gasteiger partial charge in [0.25, 0.3) is 0 Å². The normalized spacial score (nSPS) is 15.8. The van der Waals surface area contributed by atoms with Crippen LogP contribution < -0.4 is 10.5 Å². The molecular formula is C22H20N2O7. The minimum atomic E-state index is -1.17. The van der Waals surface area contributed by atoms with E-state index in [0.717, 1.165) is 0 Å². The number of nitrogens with two attached hydrogens (primary N) is 1. The first-order chi connectivity index (χ1) is 14.8. The number of ether oxygens (including phenoxy) is 3. The fraction of sp³-hybridized carbons (Fsp3) is 0.227. The summed E-state index contributed by atoms with van der Waals surface area (Å²) in [5, 5.41) is 18.6. The molecule has 160 valence electrons. The fourth-order valence-electron chi connectivity index (χ4n) is 3.20. The van der Waals surface area contributed by atoms with Crippen LogP contribution in [-0.2, 0) is 20.9 Å². The number of carbonyl (C=O) groups is 2. The zero-order valence-electron chi connectivity index (χ0n) is 16.9. The third-order valence-corrected chi connectivity index (χ3v) is 4.55. The number of furan rings is 1. The van der Waals surface area contributed by atoms with Crippen molar-refractivity contribution in [3.63, 3.8) is 0 Å². The average Bonchev–Trinajstić information content (AvgIpc) is 3.21. The maximum atomic E-state index is 12.6. The molecule has 0 fully saturated rings. The highest BCUT2D eigenvalue weighted by Crippen LogP contribution is 2.40. The number of benzene rings is 1. The van der Waals surface area contributed by atoms with Crippen LogP contribution in [0.1, 0.15) is 41.6 Å². The van der Waals surface area contributed by atoms with Crippen LogP contribution in [0.3, 0.4) is 0 Å². The molecule has 1 aromatic heterocycles. The fourth-order valence-corrected chi connectivity index (χ4v) is 3.20. The Hall–Kier alpha value is -4.19. The Morgan fingerprint density at radius 1 is 1.29 bits per heavy atom. The van der Waals surface area contributed by atoms with Gasteiger partial charge in [-0.1, -0.05) is 12.1 Å². The summed E-state index contributed by atoms with van der Waals surface area (Å²) >= 11 is 0. The van der Waals surface area contributed by atoms with E-state index in [1.807, 2.05) is 6.07 Å². The predicted octanol–water partition coefficient (Wildman–Crippen LogP) is 3.20. The average molecular weight is 424 g/mol. The van der Waals surface area contributed by atoms with Crippen molar-refractivity contribution in [3.05, 3.63) is 76.3 Å². The van der Waals surface area contributed by atoms with Gasteiger partial charge in [0.05, 0.1) is 18.1 Å². The van der Waals surface area contributed by atoms with E-state index in [9.17, 15) is 14.9 Å². The van der Waals surface area contributed by atoms with Crippen molar-refractivity contribution < 1.29 is 33.3 Å². The van der Waals surface area contributed by atoms with Crippen molar-refractivity contribution in [2.24, 2.45) is 5.73 Å². The van der Waals surface area contributed by atoms with Crippen LogP contribution in [0.25, 0.3) is 0 Å². The molecule has 0 aliphatic carbocycles. The molecule has 0 bridgehead atoms. The number of nitrogens with zero attached hydrogens (tertiary/aromatic N) is 1. The van der Waals surface area contributed by atoms with Gasteiger partial charge in [-0.3, -0.25) is 0 Å². The van der Waals surface area contributed by atoms with Crippen LogP contribution in [0.15, 0.2) is 63.6 Å². The third-order valence-electron chi connectivity index (χ3n) is 4.55. The van der Waals surface area contributed by atoms with Gasteiger partial charge in [-0.05, 0) is 43.7 Å². The number of allylic oxidation sites excluding steroid dienone is 2. The van der Waals surface area contributed by atoms with E-state index in [1.165, 1.54) is 12.1 Å². The second-order valence-electron chi connectivity index (χ2n) is 6.55. The number of hydrogen-bond donors (Lipinski definition) is 2. The monoisotopic (exact) mass is 424 g/mol. The Bertz CT molecular complexity index is 1120. The van der Waals surface area contributed by atoms with Gasteiger partial charge in [-0.15, -0.1) is 0 Å². The lowest BCUT2D eigenvalue weighted by molar-refractivity contribution is -0.139. The predicted molar refractivity (Wildman–Crippen MR) is 106 cm³/mol. The second kappa shape index (κ2) is 9.09. The van der Waals surface area contributed by atoms with E-state index < -0.39 is 17.9 Å². The Morgan fingerprint density at radius 2 is 2.06 bits per heavy atom. The molecule has 31 heavy (non-hydrogen) atoms. The van der Waals surface area contributed by atoms with Crippen LogP contribution in [0.2, 0.25) is 0 Å². The van der Waals surface area contributed by atoms with Gasteiger partial charge in [0.1, 0.15) is 35.5 Å². The first kappa shape index (κ1) is 21.5. The van der Waals surface area contributed by atoms with E-state index >= 15 is 0 Å². The number of esters is 1. The summed E-state index contributed by atoms with van der Waals surface area (Å²) in [5.74, 6) is -1.82. The van der Waals surface area contributed by atoms with E-state index in [4.69, 9.17) is 29.5 Å². The highest BCUT2D eigenvalue weighted by Gasteiger charge is 2.36. The summed E-state index contributed by atoms with van der Waals surface area (Å²) in [6, 6.07) is 11.6. The van der Waals surface area contributed by atoms with E-state index in [2.05, 4.69) is 0 Å². The molecule has 1 unspecified atom stereocenters. The van der Waals surface area contributed by atoms with Gasteiger partial charge in [0.2, 0.25) is 11.6 Å². The summed E-state index contributed by atoms with van der Waals surface area (Å²) in [5.41, 5.74) is 6.75. The summed E-state index contributed by atoms with van der Waals surface area (Å²) < 4.78 is 21.4. The Balaban J connectivity index is 1.91. The molecule has 9 heteroatoms. The lowest BCUT2D eigenvalue weighted by Gasteiger charge is -2.27. The van der Waals surface area contributed by atoms with Crippen LogP contribution in [-0.4, -0.2) is 23.7 Å². The molecule has 0 spiro atoms. The largest absolute Gasteiger partial charge is 0.486 e. The first-order valence-corrected chi connectivity index (χ1v) is 9.35. The van der Waals surface area contributed by atoms with Crippen LogP contribution in [0.5, 0.6) is 5.75 Å². The molecular weight excluding hydrogens is 404 g/mol. The Labute approximate surface area is 177 Å². The summed E-state index contributed by atoms with van der Waals surface area (Å²) in [4.78, 5) is 23.5. The van der Waals surface area contributed by atoms with Gasteiger partial charge < -0.3 is 29.5 Å². The molecule has 0 saturated heterocycles. The van der Waals surface area contributed by atoms with E-state index in [-0.39, 0.29) is 41.8 Å². The molecule has 1 atom stereocenters. The second-order valence-corrected chi connectivity index (χ2v) is 6.55. The van der Waals surface area contributed by atoms with Crippen LogP contribution in [0, 0.1) is 11.3 Å². The first-order valence-electron chi connectivity index (χ1n) is 9.35. The van der Waals surface area contributed by atoms with Crippen LogP contribution >= 0.6 is 0 Å². The number of carboxylic acid groups (broad SMARTS) is 1. The van der Waals surface area contributed by atoms with Gasteiger partial charge in [-0.25, -0.2) is 9.59 Å². The molecule has 2 aromatic rings. The molecule has 2 heterocycles.